The highest BCUT2D eigenvalue weighted by Gasteiger charge is 2.36. The Morgan fingerprint density at radius 2 is 2.00 bits per heavy atom. The van der Waals surface area contributed by atoms with E-state index in [4.69, 9.17) is 4.74 Å². The van der Waals surface area contributed by atoms with Crippen LogP contribution in [-0.4, -0.2) is 49.2 Å². The first kappa shape index (κ1) is 12.8. The lowest BCUT2D eigenvalue weighted by Gasteiger charge is -2.37. The molecule has 2 aliphatic heterocycles. The Kier molecular flexibility index (Phi) is 4.40. The zero-order valence-corrected chi connectivity index (χ0v) is 10.9. The van der Waals surface area contributed by atoms with Crippen LogP contribution in [0.1, 0.15) is 39.0 Å². The molecule has 2 saturated heterocycles. The van der Waals surface area contributed by atoms with E-state index < -0.39 is 0 Å². The zero-order chi connectivity index (χ0) is 12.3. The van der Waals surface area contributed by atoms with Gasteiger partial charge in [-0.15, -0.1) is 0 Å². The van der Waals surface area contributed by atoms with Gasteiger partial charge in [-0.2, -0.15) is 0 Å². The van der Waals surface area contributed by atoms with Crippen molar-refractivity contribution in [1.29, 1.82) is 0 Å². The second kappa shape index (κ2) is 5.83. The van der Waals surface area contributed by atoms with Gasteiger partial charge >= 0.3 is 0 Å². The number of hydrogen-bond donors (Lipinski definition) is 1. The molecule has 0 radical (unpaired) electrons. The smallest absolute Gasteiger partial charge is 0.225 e. The number of carbonyl (C=O) groups excluding carboxylic acids is 1. The van der Waals surface area contributed by atoms with Crippen molar-refractivity contribution in [2.24, 2.45) is 0 Å². The molecule has 1 N–H and O–H groups in total. The van der Waals surface area contributed by atoms with Crippen LogP contribution in [0.2, 0.25) is 0 Å². The summed E-state index contributed by atoms with van der Waals surface area (Å²) in [5, 5.41) is 3.62. The average molecular weight is 240 g/mol. The molecule has 2 aliphatic rings. The molecular formula is C13H24N2O2. The minimum atomic E-state index is 0.251. The summed E-state index contributed by atoms with van der Waals surface area (Å²) in [5.74, 6) is 0.251. The molecule has 1 amide bonds. The Morgan fingerprint density at radius 1 is 1.35 bits per heavy atom. The van der Waals surface area contributed by atoms with Gasteiger partial charge in [-0.1, -0.05) is 0 Å². The summed E-state index contributed by atoms with van der Waals surface area (Å²) < 4.78 is 4.99. The van der Waals surface area contributed by atoms with Gasteiger partial charge in [0.05, 0.1) is 13.0 Å². The van der Waals surface area contributed by atoms with E-state index >= 15 is 0 Å². The van der Waals surface area contributed by atoms with Crippen molar-refractivity contribution in [3.8, 4) is 0 Å². The van der Waals surface area contributed by atoms with Crippen LogP contribution < -0.4 is 5.32 Å². The number of fused-ring (bicyclic) bond motifs is 2. The van der Waals surface area contributed by atoms with Crippen molar-refractivity contribution in [2.75, 3.05) is 20.3 Å². The highest BCUT2D eigenvalue weighted by Crippen LogP contribution is 2.29. The quantitative estimate of drug-likeness (QED) is 0.784. The largest absolute Gasteiger partial charge is 0.384 e. The number of rotatable bonds is 5. The zero-order valence-electron chi connectivity index (χ0n) is 10.9. The van der Waals surface area contributed by atoms with E-state index in [1.165, 1.54) is 12.8 Å². The summed E-state index contributed by atoms with van der Waals surface area (Å²) in [5.41, 5.74) is 0. The van der Waals surface area contributed by atoms with Gasteiger partial charge in [-0.05, 0) is 32.6 Å². The molecule has 2 unspecified atom stereocenters. The third kappa shape index (κ3) is 2.99. The predicted octanol–water partition coefficient (Wildman–Crippen LogP) is 1.15. The SMILES string of the molecule is CCN(C(=O)CCOC)C1CC2CCC(C1)N2. The summed E-state index contributed by atoms with van der Waals surface area (Å²) in [6.45, 7) is 3.44. The van der Waals surface area contributed by atoms with E-state index in [1.54, 1.807) is 7.11 Å². The van der Waals surface area contributed by atoms with E-state index in [-0.39, 0.29) is 5.91 Å². The second-order valence-corrected chi connectivity index (χ2v) is 5.19. The van der Waals surface area contributed by atoms with Crippen molar-refractivity contribution in [1.82, 2.24) is 10.2 Å². The molecule has 0 spiro atoms. The molecule has 17 heavy (non-hydrogen) atoms. The first-order valence-corrected chi connectivity index (χ1v) is 6.79. The second-order valence-electron chi connectivity index (χ2n) is 5.19. The molecule has 2 fully saturated rings. The highest BCUT2D eigenvalue weighted by atomic mass is 16.5. The Balaban J connectivity index is 1.91. The summed E-state index contributed by atoms with van der Waals surface area (Å²) in [4.78, 5) is 14.2. The van der Waals surface area contributed by atoms with Crippen LogP contribution in [0.15, 0.2) is 0 Å². The molecule has 2 rings (SSSR count). The van der Waals surface area contributed by atoms with Crippen molar-refractivity contribution < 1.29 is 9.53 Å². The number of piperidine rings is 1. The van der Waals surface area contributed by atoms with Crippen LogP contribution in [0.5, 0.6) is 0 Å². The number of carbonyl (C=O) groups is 1. The minimum absolute atomic E-state index is 0.251. The molecule has 0 aromatic heterocycles. The number of hydrogen-bond acceptors (Lipinski definition) is 3. The Morgan fingerprint density at radius 3 is 2.53 bits per heavy atom. The van der Waals surface area contributed by atoms with Crippen molar-refractivity contribution in [2.45, 2.75) is 57.2 Å². The van der Waals surface area contributed by atoms with Gasteiger partial charge in [0.1, 0.15) is 0 Å². The van der Waals surface area contributed by atoms with E-state index in [1.807, 2.05) is 0 Å². The topological polar surface area (TPSA) is 41.6 Å². The van der Waals surface area contributed by atoms with Gasteiger partial charge in [0.15, 0.2) is 0 Å². The van der Waals surface area contributed by atoms with Gasteiger partial charge in [0.25, 0.3) is 0 Å². The summed E-state index contributed by atoms with van der Waals surface area (Å²) in [6, 6.07) is 1.73. The van der Waals surface area contributed by atoms with Gasteiger partial charge < -0.3 is 15.0 Å². The van der Waals surface area contributed by atoms with Crippen LogP contribution in [-0.2, 0) is 9.53 Å². The number of methoxy groups -OCH3 is 1. The first-order valence-electron chi connectivity index (χ1n) is 6.79. The van der Waals surface area contributed by atoms with Gasteiger partial charge in [0.2, 0.25) is 5.91 Å². The fraction of sp³-hybridized carbons (Fsp3) is 0.923. The Labute approximate surface area is 104 Å². The number of nitrogens with zero attached hydrogens (tertiary/aromatic N) is 1. The third-order valence-electron chi connectivity index (χ3n) is 4.07. The fourth-order valence-electron chi connectivity index (χ4n) is 3.25. The van der Waals surface area contributed by atoms with Crippen LogP contribution in [0.3, 0.4) is 0 Å². The standard InChI is InChI=1S/C13H24N2O2/c1-3-15(13(16)6-7-17-2)12-8-10-4-5-11(9-12)14-10/h10-12,14H,3-9H2,1-2H3. The van der Waals surface area contributed by atoms with Gasteiger partial charge in [-0.3, -0.25) is 4.79 Å². The lowest BCUT2D eigenvalue weighted by atomic mass is 9.98. The van der Waals surface area contributed by atoms with E-state index in [9.17, 15) is 4.79 Å². The fourth-order valence-corrected chi connectivity index (χ4v) is 3.25. The summed E-state index contributed by atoms with van der Waals surface area (Å²) in [7, 11) is 1.65. The van der Waals surface area contributed by atoms with E-state index in [2.05, 4.69) is 17.1 Å². The van der Waals surface area contributed by atoms with Crippen molar-refractivity contribution in [3.63, 3.8) is 0 Å². The molecule has 2 bridgehead atoms. The molecule has 4 heteroatoms. The van der Waals surface area contributed by atoms with Crippen molar-refractivity contribution in [3.05, 3.63) is 0 Å². The maximum absolute atomic E-state index is 12.1. The third-order valence-corrected chi connectivity index (χ3v) is 4.07. The van der Waals surface area contributed by atoms with Crippen molar-refractivity contribution >= 4 is 5.91 Å². The Bertz CT molecular complexity index is 258. The molecule has 0 aromatic rings. The van der Waals surface area contributed by atoms with E-state index in [0.717, 1.165) is 19.4 Å². The molecule has 2 heterocycles. The number of nitrogens with one attached hydrogen (secondary N) is 1. The predicted molar refractivity (Wildman–Crippen MR) is 66.8 cm³/mol. The molecule has 0 aliphatic carbocycles. The molecule has 98 valence electrons. The normalized spacial score (nSPS) is 31.5. The van der Waals surface area contributed by atoms with Crippen LogP contribution in [0.4, 0.5) is 0 Å². The molecule has 4 nitrogen and oxygen atoms in total. The molecule has 0 saturated carbocycles. The molecule has 0 aromatic carbocycles. The number of amides is 1. The van der Waals surface area contributed by atoms with E-state index in [0.29, 0.717) is 31.2 Å². The first-order chi connectivity index (χ1) is 8.24. The Hall–Kier alpha value is -0.610. The van der Waals surface area contributed by atoms with Crippen LogP contribution >= 0.6 is 0 Å². The van der Waals surface area contributed by atoms with Crippen LogP contribution in [0, 0.1) is 0 Å². The average Bonchev–Trinajstić information content (AvgIpc) is 2.67. The highest BCUT2D eigenvalue weighted by molar-refractivity contribution is 5.76. The van der Waals surface area contributed by atoms with Gasteiger partial charge in [-0.25, -0.2) is 0 Å². The number of ether oxygens (including phenoxy) is 1. The van der Waals surface area contributed by atoms with Crippen LogP contribution in [0.25, 0.3) is 0 Å². The molecule has 2 atom stereocenters. The lowest BCUT2D eigenvalue weighted by Crippen LogP contribution is -2.50. The summed E-state index contributed by atoms with van der Waals surface area (Å²) >= 11 is 0. The summed E-state index contributed by atoms with van der Waals surface area (Å²) in [6.07, 6.45) is 5.34. The minimum Gasteiger partial charge on any atom is -0.384 e. The lowest BCUT2D eigenvalue weighted by molar-refractivity contribution is -0.135. The van der Waals surface area contributed by atoms with Gasteiger partial charge in [0, 0.05) is 31.8 Å². The maximum atomic E-state index is 12.1. The maximum Gasteiger partial charge on any atom is 0.225 e. The monoisotopic (exact) mass is 240 g/mol. The molecular weight excluding hydrogens is 216 g/mol.